The molecule has 1 saturated heterocycles. The number of nitrogens with zero attached hydrogens (tertiary/aromatic N) is 1. The summed E-state index contributed by atoms with van der Waals surface area (Å²) >= 11 is 0. The molecule has 5 heteroatoms. The smallest absolute Gasteiger partial charge is 0.336 e. The molecule has 2 unspecified atom stereocenters. The maximum Gasteiger partial charge on any atom is 0.336 e. The van der Waals surface area contributed by atoms with Gasteiger partial charge in [-0.1, -0.05) is 0 Å². The lowest BCUT2D eigenvalue weighted by atomic mass is 10.0. The molecule has 1 rings (SSSR count). The van der Waals surface area contributed by atoms with Gasteiger partial charge in [0.05, 0.1) is 6.10 Å². The van der Waals surface area contributed by atoms with Crippen molar-refractivity contribution in [1.82, 2.24) is 4.90 Å². The molecule has 0 aromatic carbocycles. The molecule has 0 spiro atoms. The lowest BCUT2D eigenvalue weighted by Crippen LogP contribution is -2.50. The number of aliphatic hydroxyl groups is 1. The summed E-state index contributed by atoms with van der Waals surface area (Å²) in [6.07, 6.45) is 2.17. The van der Waals surface area contributed by atoms with E-state index in [9.17, 15) is 9.90 Å². The molecule has 0 bridgehead atoms. The van der Waals surface area contributed by atoms with E-state index in [1.807, 2.05) is 11.8 Å². The normalized spacial score (nSPS) is 26.3. The van der Waals surface area contributed by atoms with Crippen molar-refractivity contribution in [2.24, 2.45) is 0 Å². The maximum absolute atomic E-state index is 10.8. The van der Waals surface area contributed by atoms with Gasteiger partial charge in [-0.3, -0.25) is 4.90 Å². The second-order valence-electron chi connectivity index (χ2n) is 4.53. The highest BCUT2D eigenvalue weighted by molar-refractivity contribution is 5.76. The van der Waals surface area contributed by atoms with E-state index in [4.69, 9.17) is 9.84 Å². The van der Waals surface area contributed by atoms with Crippen molar-refractivity contribution in [3.63, 3.8) is 0 Å². The van der Waals surface area contributed by atoms with Crippen molar-refractivity contribution >= 4 is 5.97 Å². The van der Waals surface area contributed by atoms with Crippen molar-refractivity contribution in [2.45, 2.75) is 38.4 Å². The average Bonchev–Trinajstić information content (AvgIpc) is 2.17. The molecule has 1 aliphatic heterocycles. The molecule has 5 nitrogen and oxygen atoms in total. The lowest BCUT2D eigenvalue weighted by molar-refractivity contribution is -0.159. The molecule has 1 aliphatic rings. The Kier molecular flexibility index (Phi) is 4.70. The van der Waals surface area contributed by atoms with Crippen LogP contribution in [-0.4, -0.2) is 59.0 Å². The minimum atomic E-state index is -1.67. The van der Waals surface area contributed by atoms with Gasteiger partial charge in [0, 0.05) is 19.7 Å². The zero-order valence-corrected chi connectivity index (χ0v) is 9.98. The summed E-state index contributed by atoms with van der Waals surface area (Å²) in [6, 6.07) is 0. The van der Waals surface area contributed by atoms with Crippen LogP contribution in [0.25, 0.3) is 0 Å². The van der Waals surface area contributed by atoms with Gasteiger partial charge < -0.3 is 14.9 Å². The molecular weight excluding hydrogens is 210 g/mol. The van der Waals surface area contributed by atoms with Crippen LogP contribution in [-0.2, 0) is 9.53 Å². The van der Waals surface area contributed by atoms with E-state index in [1.54, 1.807) is 0 Å². The fraction of sp³-hybridized carbons (Fsp3) is 0.909. The third-order valence-electron chi connectivity index (χ3n) is 2.86. The van der Waals surface area contributed by atoms with Crippen LogP contribution in [0.3, 0.4) is 0 Å². The molecule has 0 saturated carbocycles. The first kappa shape index (κ1) is 13.4. The first-order chi connectivity index (χ1) is 7.45. The Morgan fingerprint density at radius 3 is 2.88 bits per heavy atom. The molecule has 1 fully saturated rings. The van der Waals surface area contributed by atoms with E-state index < -0.39 is 11.6 Å². The molecule has 2 atom stereocenters. The summed E-state index contributed by atoms with van der Waals surface area (Å²) < 4.78 is 5.52. The van der Waals surface area contributed by atoms with Gasteiger partial charge in [-0.2, -0.15) is 0 Å². The van der Waals surface area contributed by atoms with Crippen LogP contribution in [0.15, 0.2) is 0 Å². The van der Waals surface area contributed by atoms with Gasteiger partial charge in [-0.05, 0) is 33.2 Å². The Morgan fingerprint density at radius 1 is 1.62 bits per heavy atom. The Morgan fingerprint density at radius 2 is 2.31 bits per heavy atom. The highest BCUT2D eigenvalue weighted by atomic mass is 16.5. The zero-order valence-electron chi connectivity index (χ0n) is 9.98. The first-order valence-electron chi connectivity index (χ1n) is 5.75. The molecular formula is C11H21NO4. The van der Waals surface area contributed by atoms with Crippen LogP contribution in [0.5, 0.6) is 0 Å². The number of aliphatic carboxylic acids is 1. The average molecular weight is 231 g/mol. The number of hydrogen-bond acceptors (Lipinski definition) is 4. The van der Waals surface area contributed by atoms with Crippen molar-refractivity contribution in [1.29, 1.82) is 0 Å². The van der Waals surface area contributed by atoms with E-state index in [-0.39, 0.29) is 12.6 Å². The number of rotatable bonds is 5. The molecule has 0 aromatic rings. The molecule has 0 radical (unpaired) electrons. The van der Waals surface area contributed by atoms with Crippen LogP contribution in [0, 0.1) is 0 Å². The molecule has 94 valence electrons. The molecule has 0 aromatic heterocycles. The van der Waals surface area contributed by atoms with Gasteiger partial charge in [0.1, 0.15) is 0 Å². The third-order valence-corrected chi connectivity index (χ3v) is 2.86. The van der Waals surface area contributed by atoms with E-state index in [0.29, 0.717) is 13.2 Å². The Balaban J connectivity index is 2.45. The monoisotopic (exact) mass is 231 g/mol. The first-order valence-corrected chi connectivity index (χ1v) is 5.75. The molecule has 0 aliphatic carbocycles. The minimum absolute atomic E-state index is 0.159. The topological polar surface area (TPSA) is 70.0 Å². The second kappa shape index (κ2) is 5.61. The number of carbonyl (C=O) groups is 1. The summed E-state index contributed by atoms with van der Waals surface area (Å²) in [7, 11) is 0. The number of ether oxygens (including phenoxy) is 1. The van der Waals surface area contributed by atoms with Crippen molar-refractivity contribution in [3.8, 4) is 0 Å². The van der Waals surface area contributed by atoms with Gasteiger partial charge in [0.15, 0.2) is 5.60 Å². The number of piperidine rings is 1. The van der Waals surface area contributed by atoms with Gasteiger partial charge >= 0.3 is 5.97 Å². The van der Waals surface area contributed by atoms with E-state index >= 15 is 0 Å². The van der Waals surface area contributed by atoms with E-state index in [2.05, 4.69) is 0 Å². The van der Waals surface area contributed by atoms with Gasteiger partial charge in [0.2, 0.25) is 0 Å². The van der Waals surface area contributed by atoms with Gasteiger partial charge in [-0.25, -0.2) is 4.79 Å². The van der Waals surface area contributed by atoms with Gasteiger partial charge in [-0.15, -0.1) is 0 Å². The highest BCUT2D eigenvalue weighted by Gasteiger charge is 2.34. The van der Waals surface area contributed by atoms with E-state index in [1.165, 1.54) is 6.92 Å². The summed E-state index contributed by atoms with van der Waals surface area (Å²) in [6.45, 7) is 5.65. The fourth-order valence-electron chi connectivity index (χ4n) is 2.03. The molecule has 0 amide bonds. The number of hydrogen-bond donors (Lipinski definition) is 2. The Bertz CT molecular complexity index is 240. The Hall–Kier alpha value is -0.650. The predicted octanol–water partition coefficient (Wildman–Crippen LogP) is 0.323. The summed E-state index contributed by atoms with van der Waals surface area (Å²) in [5, 5.41) is 18.5. The highest BCUT2D eigenvalue weighted by Crippen LogP contribution is 2.16. The molecule has 2 N–H and O–H groups in total. The minimum Gasteiger partial charge on any atom is -0.479 e. The van der Waals surface area contributed by atoms with Crippen LogP contribution < -0.4 is 0 Å². The van der Waals surface area contributed by atoms with Gasteiger partial charge in [0.25, 0.3) is 0 Å². The zero-order chi connectivity index (χ0) is 12.2. The Labute approximate surface area is 96.0 Å². The number of carboxylic acids is 1. The largest absolute Gasteiger partial charge is 0.479 e. The fourth-order valence-corrected chi connectivity index (χ4v) is 2.03. The van der Waals surface area contributed by atoms with Crippen LogP contribution >= 0.6 is 0 Å². The summed E-state index contributed by atoms with van der Waals surface area (Å²) in [4.78, 5) is 12.8. The SMILES string of the molecule is CCOC1CCCN(CC(C)(O)C(=O)O)C1. The van der Waals surface area contributed by atoms with Crippen LogP contribution in [0.2, 0.25) is 0 Å². The standard InChI is InChI=1S/C11H21NO4/c1-3-16-9-5-4-6-12(7-9)8-11(2,15)10(13)14/h9,15H,3-8H2,1-2H3,(H,13,14). The second-order valence-corrected chi connectivity index (χ2v) is 4.53. The molecule has 16 heavy (non-hydrogen) atoms. The third kappa shape index (κ3) is 3.73. The summed E-state index contributed by atoms with van der Waals surface area (Å²) in [5.74, 6) is -1.17. The number of likely N-dealkylation sites (tertiary alicyclic amines) is 1. The lowest BCUT2D eigenvalue weighted by Gasteiger charge is -2.35. The van der Waals surface area contributed by atoms with Crippen LogP contribution in [0.1, 0.15) is 26.7 Å². The summed E-state index contributed by atoms with van der Waals surface area (Å²) in [5.41, 5.74) is -1.67. The molecule has 1 heterocycles. The maximum atomic E-state index is 10.8. The van der Waals surface area contributed by atoms with Crippen molar-refractivity contribution in [3.05, 3.63) is 0 Å². The quantitative estimate of drug-likeness (QED) is 0.713. The predicted molar refractivity (Wildman–Crippen MR) is 59.3 cm³/mol. The number of β-amino-alcohol motifs (C(OH)–C–C–N with tert-alkyl or cyclic N) is 1. The van der Waals surface area contributed by atoms with Crippen LogP contribution in [0.4, 0.5) is 0 Å². The van der Waals surface area contributed by atoms with Crippen molar-refractivity contribution in [2.75, 3.05) is 26.2 Å². The number of carboxylic acid groups (broad SMARTS) is 1. The van der Waals surface area contributed by atoms with E-state index in [0.717, 1.165) is 19.4 Å². The van der Waals surface area contributed by atoms with Crippen molar-refractivity contribution < 1.29 is 19.7 Å².